The second kappa shape index (κ2) is 8.81. The van der Waals surface area contributed by atoms with Gasteiger partial charge in [-0.2, -0.15) is 0 Å². The van der Waals surface area contributed by atoms with Crippen LogP contribution in [-0.4, -0.2) is 70.6 Å². The Morgan fingerprint density at radius 1 is 1.27 bits per heavy atom. The highest BCUT2D eigenvalue weighted by Crippen LogP contribution is 2.22. The highest BCUT2D eigenvalue weighted by atomic mass is 32.2. The van der Waals surface area contributed by atoms with Crippen LogP contribution >= 0.6 is 0 Å². The van der Waals surface area contributed by atoms with E-state index in [9.17, 15) is 12.8 Å². The summed E-state index contributed by atoms with van der Waals surface area (Å²) in [5.74, 6) is 0.921. The van der Waals surface area contributed by atoms with Gasteiger partial charge in [0.05, 0.1) is 11.5 Å². The Morgan fingerprint density at radius 2 is 1.96 bits per heavy atom. The monoisotopic (exact) mass is 384 g/mol. The topological polar surface area (TPSA) is 73.8 Å². The molecule has 2 N–H and O–H groups in total. The number of benzene rings is 1. The van der Waals surface area contributed by atoms with Crippen molar-refractivity contribution < 1.29 is 12.8 Å². The molecule has 0 saturated carbocycles. The standard InChI is InChI=1S/C18H29FN4O2S/c1-18(2,15-5-4-6-16(19)13-15)14-22-17(20-3)21-7-8-23-9-11-26(24,25)12-10-23/h4-6,13H,7-12,14H2,1-3H3,(H2,20,21,22). The lowest BCUT2D eigenvalue weighted by Gasteiger charge is -2.28. The minimum absolute atomic E-state index is 0.235. The number of rotatable bonds is 6. The summed E-state index contributed by atoms with van der Waals surface area (Å²) in [6, 6.07) is 6.64. The van der Waals surface area contributed by atoms with E-state index in [2.05, 4.69) is 34.4 Å². The molecular formula is C18H29FN4O2S. The third-order valence-corrected chi connectivity index (χ3v) is 6.29. The van der Waals surface area contributed by atoms with E-state index in [4.69, 9.17) is 0 Å². The van der Waals surface area contributed by atoms with E-state index in [1.807, 2.05) is 6.07 Å². The molecule has 0 aliphatic carbocycles. The number of hydrogen-bond donors (Lipinski definition) is 2. The van der Waals surface area contributed by atoms with Crippen LogP contribution in [-0.2, 0) is 15.3 Å². The highest BCUT2D eigenvalue weighted by Gasteiger charge is 2.22. The van der Waals surface area contributed by atoms with Gasteiger partial charge in [0.2, 0.25) is 0 Å². The Hall–Kier alpha value is -1.67. The molecule has 0 bridgehead atoms. The zero-order valence-corrected chi connectivity index (χ0v) is 16.6. The molecule has 1 aromatic rings. The van der Waals surface area contributed by atoms with Gasteiger partial charge in [-0.25, -0.2) is 12.8 Å². The zero-order valence-electron chi connectivity index (χ0n) is 15.8. The summed E-state index contributed by atoms with van der Waals surface area (Å²) in [5.41, 5.74) is 0.677. The van der Waals surface area contributed by atoms with Crippen LogP contribution < -0.4 is 10.6 Å². The van der Waals surface area contributed by atoms with Crippen molar-refractivity contribution in [2.24, 2.45) is 4.99 Å². The van der Waals surface area contributed by atoms with Crippen molar-refractivity contribution in [3.05, 3.63) is 35.6 Å². The minimum atomic E-state index is -2.84. The number of sulfone groups is 1. The normalized spacial score (nSPS) is 18.5. The molecule has 0 radical (unpaired) electrons. The van der Waals surface area contributed by atoms with Crippen molar-refractivity contribution in [3.63, 3.8) is 0 Å². The summed E-state index contributed by atoms with van der Waals surface area (Å²) in [6.45, 7) is 7.33. The molecule has 146 valence electrons. The van der Waals surface area contributed by atoms with Gasteiger partial charge in [-0.3, -0.25) is 9.89 Å². The molecule has 1 aromatic carbocycles. The van der Waals surface area contributed by atoms with Gasteiger partial charge in [0.1, 0.15) is 5.82 Å². The van der Waals surface area contributed by atoms with Crippen LogP contribution in [0, 0.1) is 5.82 Å². The van der Waals surface area contributed by atoms with Crippen molar-refractivity contribution in [2.75, 3.05) is 51.3 Å². The van der Waals surface area contributed by atoms with Gasteiger partial charge >= 0.3 is 0 Å². The van der Waals surface area contributed by atoms with E-state index in [-0.39, 0.29) is 22.7 Å². The van der Waals surface area contributed by atoms with Crippen molar-refractivity contribution in [2.45, 2.75) is 19.3 Å². The SMILES string of the molecule is CN=C(NCCN1CCS(=O)(=O)CC1)NCC(C)(C)c1cccc(F)c1. The van der Waals surface area contributed by atoms with Crippen molar-refractivity contribution >= 4 is 15.8 Å². The molecule has 6 nitrogen and oxygen atoms in total. The van der Waals surface area contributed by atoms with Crippen LogP contribution in [0.15, 0.2) is 29.3 Å². The molecule has 1 aliphatic heterocycles. The molecule has 0 spiro atoms. The average molecular weight is 385 g/mol. The lowest BCUT2D eigenvalue weighted by atomic mass is 9.84. The third kappa shape index (κ3) is 6.25. The Kier molecular flexibility index (Phi) is 7.00. The molecule has 0 amide bonds. The summed E-state index contributed by atoms with van der Waals surface area (Å²) >= 11 is 0. The average Bonchev–Trinajstić information content (AvgIpc) is 2.59. The second-order valence-corrected chi connectivity index (χ2v) is 9.54. The number of aliphatic imine (C=N–C) groups is 1. The van der Waals surface area contributed by atoms with E-state index < -0.39 is 9.84 Å². The molecule has 1 heterocycles. The number of halogens is 1. The van der Waals surface area contributed by atoms with Crippen LogP contribution in [0.5, 0.6) is 0 Å². The largest absolute Gasteiger partial charge is 0.356 e. The van der Waals surface area contributed by atoms with Crippen LogP contribution in [0.2, 0.25) is 0 Å². The molecular weight excluding hydrogens is 355 g/mol. The van der Waals surface area contributed by atoms with E-state index in [1.165, 1.54) is 6.07 Å². The number of guanidine groups is 1. The van der Waals surface area contributed by atoms with Crippen LogP contribution in [0.1, 0.15) is 19.4 Å². The zero-order chi connectivity index (χ0) is 19.2. The molecule has 0 unspecified atom stereocenters. The lowest BCUT2D eigenvalue weighted by molar-refractivity contribution is 0.299. The van der Waals surface area contributed by atoms with Gasteiger partial charge in [0.25, 0.3) is 0 Å². The maximum Gasteiger partial charge on any atom is 0.191 e. The molecule has 0 aromatic heterocycles. The van der Waals surface area contributed by atoms with E-state index in [0.29, 0.717) is 32.1 Å². The summed E-state index contributed by atoms with van der Waals surface area (Å²) < 4.78 is 36.3. The van der Waals surface area contributed by atoms with E-state index in [0.717, 1.165) is 12.1 Å². The first kappa shape index (κ1) is 20.6. The Labute approximate surface area is 155 Å². The Morgan fingerprint density at radius 3 is 2.58 bits per heavy atom. The molecule has 26 heavy (non-hydrogen) atoms. The molecule has 1 saturated heterocycles. The first-order valence-electron chi connectivity index (χ1n) is 8.85. The van der Waals surface area contributed by atoms with E-state index in [1.54, 1.807) is 19.2 Å². The first-order chi connectivity index (χ1) is 12.2. The number of nitrogens with one attached hydrogen (secondary N) is 2. The van der Waals surface area contributed by atoms with Gasteiger partial charge in [-0.15, -0.1) is 0 Å². The number of nitrogens with zero attached hydrogens (tertiary/aromatic N) is 2. The molecule has 1 fully saturated rings. The third-order valence-electron chi connectivity index (χ3n) is 4.68. The van der Waals surface area contributed by atoms with Crippen molar-refractivity contribution in [1.82, 2.24) is 15.5 Å². The van der Waals surface area contributed by atoms with Gasteiger partial charge in [-0.1, -0.05) is 26.0 Å². The van der Waals surface area contributed by atoms with Crippen molar-refractivity contribution in [3.8, 4) is 0 Å². The first-order valence-corrected chi connectivity index (χ1v) is 10.7. The fraction of sp³-hybridized carbons (Fsp3) is 0.611. The van der Waals surface area contributed by atoms with E-state index >= 15 is 0 Å². The smallest absolute Gasteiger partial charge is 0.191 e. The molecule has 1 aliphatic rings. The summed E-state index contributed by atoms with van der Waals surface area (Å²) in [4.78, 5) is 6.35. The molecule has 0 atom stereocenters. The predicted octanol–water partition coefficient (Wildman–Crippen LogP) is 0.999. The highest BCUT2D eigenvalue weighted by molar-refractivity contribution is 7.91. The minimum Gasteiger partial charge on any atom is -0.356 e. The van der Waals surface area contributed by atoms with Gasteiger partial charge in [0, 0.05) is 45.2 Å². The molecule has 2 rings (SSSR count). The van der Waals surface area contributed by atoms with Gasteiger partial charge in [-0.05, 0) is 17.7 Å². The summed E-state index contributed by atoms with van der Waals surface area (Å²) in [5, 5.41) is 6.53. The maximum absolute atomic E-state index is 13.5. The number of hydrogen-bond acceptors (Lipinski definition) is 4. The fourth-order valence-electron chi connectivity index (χ4n) is 2.84. The van der Waals surface area contributed by atoms with Crippen LogP contribution in [0.4, 0.5) is 4.39 Å². The van der Waals surface area contributed by atoms with Crippen LogP contribution in [0.3, 0.4) is 0 Å². The summed E-state index contributed by atoms with van der Waals surface area (Å²) in [7, 11) is -1.13. The van der Waals surface area contributed by atoms with Gasteiger partial charge in [0.15, 0.2) is 15.8 Å². The second-order valence-electron chi connectivity index (χ2n) is 7.24. The fourth-order valence-corrected chi connectivity index (χ4v) is 4.12. The predicted molar refractivity (Wildman–Crippen MR) is 104 cm³/mol. The Balaban J connectivity index is 1.77. The lowest BCUT2D eigenvalue weighted by Crippen LogP contribution is -2.47. The summed E-state index contributed by atoms with van der Waals surface area (Å²) in [6.07, 6.45) is 0. The van der Waals surface area contributed by atoms with Crippen LogP contribution in [0.25, 0.3) is 0 Å². The maximum atomic E-state index is 13.5. The molecule has 8 heteroatoms. The van der Waals surface area contributed by atoms with Gasteiger partial charge < -0.3 is 10.6 Å². The van der Waals surface area contributed by atoms with Crippen molar-refractivity contribution in [1.29, 1.82) is 0 Å². The quantitative estimate of drug-likeness (QED) is 0.565. The Bertz CT molecular complexity index is 720.